The molecule has 208 valence electrons. The first-order valence-corrected chi connectivity index (χ1v) is 15.2. The van der Waals surface area contributed by atoms with Crippen LogP contribution in [0, 0.1) is 12.8 Å². The van der Waals surface area contributed by atoms with Crippen LogP contribution in [0.25, 0.3) is 0 Å². The van der Waals surface area contributed by atoms with E-state index in [2.05, 4.69) is 21.2 Å². The van der Waals surface area contributed by atoms with Gasteiger partial charge in [-0.2, -0.15) is 0 Å². The van der Waals surface area contributed by atoms with E-state index in [9.17, 15) is 18.0 Å². The molecule has 0 aliphatic rings. The van der Waals surface area contributed by atoms with Gasteiger partial charge in [-0.15, -0.1) is 0 Å². The molecule has 0 saturated carbocycles. The molecular weight excluding hydrogens is 602 g/mol. The van der Waals surface area contributed by atoms with E-state index in [4.69, 9.17) is 11.6 Å². The average molecular weight is 635 g/mol. The zero-order valence-electron chi connectivity index (χ0n) is 22.4. The molecule has 0 spiro atoms. The van der Waals surface area contributed by atoms with E-state index < -0.39 is 28.5 Å². The summed E-state index contributed by atoms with van der Waals surface area (Å²) in [4.78, 5) is 28.4. The first-order valence-electron chi connectivity index (χ1n) is 12.6. The van der Waals surface area contributed by atoms with Crippen molar-refractivity contribution >= 4 is 55.1 Å². The Bertz CT molecular complexity index is 1400. The molecule has 0 bridgehead atoms. The van der Waals surface area contributed by atoms with Crippen molar-refractivity contribution in [2.75, 3.05) is 17.4 Å². The summed E-state index contributed by atoms with van der Waals surface area (Å²) in [5.74, 6) is -0.610. The van der Waals surface area contributed by atoms with Crippen molar-refractivity contribution in [1.82, 2.24) is 10.2 Å². The molecule has 7 nitrogen and oxygen atoms in total. The number of rotatable bonds is 11. The Morgan fingerprint density at radius 2 is 1.62 bits per heavy atom. The van der Waals surface area contributed by atoms with Crippen molar-refractivity contribution in [1.29, 1.82) is 0 Å². The van der Waals surface area contributed by atoms with Crippen molar-refractivity contribution < 1.29 is 18.0 Å². The molecule has 1 N–H and O–H groups in total. The Balaban J connectivity index is 2.02. The predicted octanol–water partition coefficient (Wildman–Crippen LogP) is 5.80. The molecule has 0 aliphatic carbocycles. The van der Waals surface area contributed by atoms with Crippen LogP contribution in [0.15, 0.2) is 82.2 Å². The highest BCUT2D eigenvalue weighted by molar-refractivity contribution is 9.10. The summed E-state index contributed by atoms with van der Waals surface area (Å²) >= 11 is 9.76. The van der Waals surface area contributed by atoms with Gasteiger partial charge in [-0.05, 0) is 67.3 Å². The second-order valence-electron chi connectivity index (χ2n) is 9.72. The maximum atomic E-state index is 13.9. The lowest BCUT2D eigenvalue weighted by atomic mass is 10.1. The van der Waals surface area contributed by atoms with Gasteiger partial charge >= 0.3 is 0 Å². The van der Waals surface area contributed by atoms with Gasteiger partial charge in [-0.25, -0.2) is 8.42 Å². The largest absolute Gasteiger partial charge is 0.354 e. The highest BCUT2D eigenvalue weighted by atomic mass is 79.9. The van der Waals surface area contributed by atoms with Crippen LogP contribution < -0.4 is 9.62 Å². The number of halogens is 2. The SMILES string of the molecule is Cc1ccc(N(CC(=O)N(Cc2ccc(Br)cc2)[C@@H](C)C(=O)NCC(C)C)S(=O)(=O)c2ccccc2)cc1Cl. The minimum absolute atomic E-state index is 0.0386. The fourth-order valence-corrected chi connectivity index (χ4v) is 5.67. The van der Waals surface area contributed by atoms with E-state index in [-0.39, 0.29) is 29.0 Å². The van der Waals surface area contributed by atoms with Gasteiger partial charge in [0.1, 0.15) is 12.6 Å². The molecule has 0 heterocycles. The van der Waals surface area contributed by atoms with Gasteiger partial charge < -0.3 is 10.2 Å². The van der Waals surface area contributed by atoms with Crippen molar-refractivity contribution in [3.8, 4) is 0 Å². The van der Waals surface area contributed by atoms with E-state index in [1.807, 2.05) is 45.0 Å². The van der Waals surface area contributed by atoms with Crippen LogP contribution in [0.5, 0.6) is 0 Å². The molecule has 3 rings (SSSR count). The topological polar surface area (TPSA) is 86.8 Å². The Kier molecular flexibility index (Phi) is 10.6. The average Bonchev–Trinajstić information content (AvgIpc) is 2.91. The highest BCUT2D eigenvalue weighted by Crippen LogP contribution is 2.28. The molecule has 0 fully saturated rings. The number of nitrogens with zero attached hydrogens (tertiary/aromatic N) is 2. The number of hydrogen-bond acceptors (Lipinski definition) is 4. The number of nitrogens with one attached hydrogen (secondary N) is 1. The summed E-state index contributed by atoms with van der Waals surface area (Å²) < 4.78 is 29.5. The van der Waals surface area contributed by atoms with Crippen LogP contribution in [0.2, 0.25) is 5.02 Å². The lowest BCUT2D eigenvalue weighted by molar-refractivity contribution is -0.139. The maximum Gasteiger partial charge on any atom is 0.264 e. The molecule has 39 heavy (non-hydrogen) atoms. The number of carbonyl (C=O) groups is 2. The van der Waals surface area contributed by atoms with Gasteiger partial charge in [0.25, 0.3) is 10.0 Å². The van der Waals surface area contributed by atoms with Crippen LogP contribution in [0.3, 0.4) is 0 Å². The predicted molar refractivity (Wildman–Crippen MR) is 159 cm³/mol. The lowest BCUT2D eigenvalue weighted by Crippen LogP contribution is -2.51. The minimum Gasteiger partial charge on any atom is -0.354 e. The summed E-state index contributed by atoms with van der Waals surface area (Å²) in [5, 5.41) is 3.25. The highest BCUT2D eigenvalue weighted by Gasteiger charge is 2.32. The van der Waals surface area contributed by atoms with Crippen molar-refractivity contribution in [3.05, 3.63) is 93.4 Å². The van der Waals surface area contributed by atoms with Gasteiger partial charge in [-0.3, -0.25) is 13.9 Å². The van der Waals surface area contributed by atoms with Crippen LogP contribution in [-0.2, 0) is 26.2 Å². The minimum atomic E-state index is -4.14. The monoisotopic (exact) mass is 633 g/mol. The first-order chi connectivity index (χ1) is 18.4. The Morgan fingerprint density at radius 1 is 0.974 bits per heavy atom. The lowest BCUT2D eigenvalue weighted by Gasteiger charge is -2.32. The molecule has 1 atom stereocenters. The third-order valence-corrected chi connectivity index (χ3v) is 8.90. The smallest absolute Gasteiger partial charge is 0.264 e. The molecule has 0 radical (unpaired) electrons. The van der Waals surface area contributed by atoms with Gasteiger partial charge in [0.2, 0.25) is 11.8 Å². The molecule has 0 aromatic heterocycles. The quantitative estimate of drug-likeness (QED) is 0.289. The summed E-state index contributed by atoms with van der Waals surface area (Å²) in [6.45, 7) is 7.48. The van der Waals surface area contributed by atoms with Crippen LogP contribution in [0.1, 0.15) is 31.9 Å². The molecule has 0 unspecified atom stereocenters. The summed E-state index contributed by atoms with van der Waals surface area (Å²) in [7, 11) is -4.14. The maximum absolute atomic E-state index is 13.9. The molecule has 3 aromatic carbocycles. The van der Waals surface area contributed by atoms with Gasteiger partial charge in [0, 0.05) is 22.6 Å². The van der Waals surface area contributed by atoms with E-state index in [0.29, 0.717) is 11.6 Å². The summed E-state index contributed by atoms with van der Waals surface area (Å²) in [6.07, 6.45) is 0. The number of hydrogen-bond donors (Lipinski definition) is 1. The fraction of sp³-hybridized carbons (Fsp3) is 0.310. The molecule has 10 heteroatoms. The fourth-order valence-electron chi connectivity index (χ4n) is 3.81. The van der Waals surface area contributed by atoms with Crippen LogP contribution in [-0.4, -0.2) is 44.3 Å². The second kappa shape index (κ2) is 13.5. The number of anilines is 1. The number of carbonyl (C=O) groups excluding carboxylic acids is 2. The van der Waals surface area contributed by atoms with Gasteiger partial charge in [-0.1, -0.05) is 77.8 Å². The van der Waals surface area contributed by atoms with E-state index in [1.54, 1.807) is 37.3 Å². The zero-order valence-corrected chi connectivity index (χ0v) is 25.6. The van der Waals surface area contributed by atoms with Crippen LogP contribution >= 0.6 is 27.5 Å². The third kappa shape index (κ3) is 8.06. The molecular formula is C29H33BrClN3O4S. The standard InChI is InChI=1S/C29H33BrClN3O4S/c1-20(2)17-32-29(36)22(4)33(18-23-11-13-24(30)14-12-23)28(35)19-34(25-15-10-21(3)27(31)16-25)39(37,38)26-8-6-5-7-9-26/h5-16,20,22H,17-19H2,1-4H3,(H,32,36)/t22-/m0/s1. The summed E-state index contributed by atoms with van der Waals surface area (Å²) in [5.41, 5.74) is 1.82. The molecule has 2 amide bonds. The molecule has 0 saturated heterocycles. The Labute approximate surface area is 244 Å². The molecule has 0 aliphatic heterocycles. The van der Waals surface area contributed by atoms with Crippen molar-refractivity contribution in [2.24, 2.45) is 5.92 Å². The Morgan fingerprint density at radius 3 is 2.21 bits per heavy atom. The zero-order chi connectivity index (χ0) is 28.7. The normalized spacial score (nSPS) is 12.2. The van der Waals surface area contributed by atoms with Crippen molar-refractivity contribution in [3.63, 3.8) is 0 Å². The van der Waals surface area contributed by atoms with Crippen LogP contribution in [0.4, 0.5) is 5.69 Å². The van der Waals surface area contributed by atoms with E-state index in [0.717, 1.165) is 19.9 Å². The van der Waals surface area contributed by atoms with Crippen molar-refractivity contribution in [2.45, 2.75) is 45.2 Å². The van der Waals surface area contributed by atoms with E-state index in [1.165, 1.54) is 23.1 Å². The molecule has 3 aromatic rings. The number of benzene rings is 3. The first kappa shape index (κ1) is 30.7. The van der Waals surface area contributed by atoms with E-state index >= 15 is 0 Å². The number of aryl methyl sites for hydroxylation is 1. The second-order valence-corrected chi connectivity index (χ2v) is 12.9. The summed E-state index contributed by atoms with van der Waals surface area (Å²) in [6, 6.07) is 19.3. The third-order valence-electron chi connectivity index (χ3n) is 6.17. The number of amides is 2. The Hall–Kier alpha value is -2.88. The number of sulfonamides is 1. The van der Waals surface area contributed by atoms with Gasteiger partial charge in [0.05, 0.1) is 10.6 Å². The van der Waals surface area contributed by atoms with Gasteiger partial charge in [0.15, 0.2) is 0 Å².